The van der Waals surface area contributed by atoms with Gasteiger partial charge in [-0.25, -0.2) is 17.9 Å². The third-order valence-corrected chi connectivity index (χ3v) is 4.11. The molecule has 0 aliphatic heterocycles. The number of sulfonamides is 1. The molecule has 0 aromatic heterocycles. The van der Waals surface area contributed by atoms with Gasteiger partial charge in [0.25, 0.3) is 5.69 Å². The number of nitro benzene ring substituents is 1. The van der Waals surface area contributed by atoms with E-state index in [9.17, 15) is 22.9 Å². The molecule has 0 unspecified atom stereocenters. The van der Waals surface area contributed by atoms with Gasteiger partial charge in [0.1, 0.15) is 11.5 Å². The van der Waals surface area contributed by atoms with Crippen molar-refractivity contribution >= 4 is 21.4 Å². The Hall–Kier alpha value is -2.52. The van der Waals surface area contributed by atoms with Gasteiger partial charge in [-0.1, -0.05) is 12.1 Å². The van der Waals surface area contributed by atoms with Crippen molar-refractivity contribution < 1.29 is 17.7 Å². The maximum absolute atomic E-state index is 13.2. The van der Waals surface area contributed by atoms with Crippen LogP contribution in [0.3, 0.4) is 0 Å². The van der Waals surface area contributed by atoms with Crippen molar-refractivity contribution in [3.63, 3.8) is 0 Å². The summed E-state index contributed by atoms with van der Waals surface area (Å²) < 4.78 is 35.7. The van der Waals surface area contributed by atoms with Gasteiger partial charge in [-0.05, 0) is 36.2 Å². The molecule has 2 aromatic rings. The monoisotopic (exact) mass is 339 g/mol. The molecule has 23 heavy (non-hydrogen) atoms. The highest BCUT2D eigenvalue weighted by Gasteiger charge is 2.18. The Kier molecular flexibility index (Phi) is 4.62. The number of anilines is 1. The molecule has 0 heterocycles. The topological polar surface area (TPSA) is 115 Å². The van der Waals surface area contributed by atoms with Crippen LogP contribution in [0.2, 0.25) is 0 Å². The van der Waals surface area contributed by atoms with Crippen LogP contribution in [0.15, 0.2) is 41.3 Å². The zero-order chi connectivity index (χ0) is 17.2. The van der Waals surface area contributed by atoms with Gasteiger partial charge in [0, 0.05) is 12.6 Å². The number of nitrogens with two attached hydrogens (primary N) is 1. The molecule has 7 nitrogen and oxygen atoms in total. The second kappa shape index (κ2) is 6.31. The molecule has 0 fully saturated rings. The van der Waals surface area contributed by atoms with Gasteiger partial charge < -0.3 is 5.32 Å². The van der Waals surface area contributed by atoms with E-state index in [-0.39, 0.29) is 22.9 Å². The fourth-order valence-corrected chi connectivity index (χ4v) is 2.54. The van der Waals surface area contributed by atoms with Gasteiger partial charge >= 0.3 is 0 Å². The Labute approximate surface area is 132 Å². The summed E-state index contributed by atoms with van der Waals surface area (Å²) in [5.41, 5.74) is 0.928. The summed E-state index contributed by atoms with van der Waals surface area (Å²) in [7, 11) is -4.03. The Bertz CT molecular complexity index is 868. The van der Waals surface area contributed by atoms with Crippen LogP contribution in [0.1, 0.15) is 11.1 Å². The van der Waals surface area contributed by atoms with Crippen LogP contribution in [0.25, 0.3) is 0 Å². The zero-order valence-corrected chi connectivity index (χ0v) is 12.9. The first-order valence-electron chi connectivity index (χ1n) is 6.48. The summed E-state index contributed by atoms with van der Waals surface area (Å²) in [6, 6.07) is 7.83. The van der Waals surface area contributed by atoms with Crippen molar-refractivity contribution in [3.05, 3.63) is 63.5 Å². The van der Waals surface area contributed by atoms with Crippen LogP contribution < -0.4 is 10.5 Å². The average Bonchev–Trinajstić information content (AvgIpc) is 2.47. The molecule has 0 atom stereocenters. The molecule has 0 bridgehead atoms. The molecule has 0 radical (unpaired) electrons. The van der Waals surface area contributed by atoms with Gasteiger partial charge in [-0.2, -0.15) is 0 Å². The van der Waals surface area contributed by atoms with E-state index in [1.165, 1.54) is 18.2 Å². The average molecular weight is 339 g/mol. The molecule has 0 saturated heterocycles. The lowest BCUT2D eigenvalue weighted by Gasteiger charge is -2.09. The summed E-state index contributed by atoms with van der Waals surface area (Å²) in [4.78, 5) is 10.0. The third-order valence-electron chi connectivity index (χ3n) is 3.20. The number of primary sulfonamides is 1. The SMILES string of the molecule is Cc1cc(CNc2ccc(S(N)(=O)=O)cc2[N+](=O)[O-])ccc1F. The van der Waals surface area contributed by atoms with Gasteiger partial charge in [0.15, 0.2) is 0 Å². The minimum Gasteiger partial charge on any atom is -0.375 e. The van der Waals surface area contributed by atoms with E-state index in [0.29, 0.717) is 5.56 Å². The normalized spacial score (nSPS) is 11.3. The highest BCUT2D eigenvalue weighted by Crippen LogP contribution is 2.27. The first kappa shape index (κ1) is 16.8. The summed E-state index contributed by atoms with van der Waals surface area (Å²) in [6.07, 6.45) is 0. The van der Waals surface area contributed by atoms with Crippen molar-refractivity contribution in [1.82, 2.24) is 0 Å². The second-order valence-electron chi connectivity index (χ2n) is 4.92. The van der Waals surface area contributed by atoms with E-state index in [1.807, 2.05) is 0 Å². The molecule has 0 amide bonds. The van der Waals surface area contributed by atoms with Gasteiger partial charge in [-0.15, -0.1) is 0 Å². The zero-order valence-electron chi connectivity index (χ0n) is 12.1. The van der Waals surface area contributed by atoms with Crippen LogP contribution >= 0.6 is 0 Å². The molecular formula is C14H14FN3O4S. The predicted molar refractivity (Wildman–Crippen MR) is 82.9 cm³/mol. The number of halogens is 1. The molecular weight excluding hydrogens is 325 g/mol. The minimum absolute atomic E-state index is 0.143. The summed E-state index contributed by atoms with van der Waals surface area (Å²) >= 11 is 0. The number of rotatable bonds is 5. The fourth-order valence-electron chi connectivity index (χ4n) is 2.00. The number of nitro groups is 1. The van der Waals surface area contributed by atoms with Crippen LogP contribution in [0.5, 0.6) is 0 Å². The minimum atomic E-state index is -4.03. The number of hydrogen-bond donors (Lipinski definition) is 2. The Balaban J connectivity index is 2.28. The summed E-state index contributed by atoms with van der Waals surface area (Å²) in [5, 5.41) is 18.9. The number of hydrogen-bond acceptors (Lipinski definition) is 5. The van der Waals surface area contributed by atoms with Crippen LogP contribution in [0, 0.1) is 22.9 Å². The van der Waals surface area contributed by atoms with Crippen molar-refractivity contribution in [2.24, 2.45) is 5.14 Å². The lowest BCUT2D eigenvalue weighted by molar-refractivity contribution is -0.384. The first-order valence-corrected chi connectivity index (χ1v) is 8.03. The number of nitrogens with zero attached hydrogens (tertiary/aromatic N) is 1. The maximum atomic E-state index is 13.2. The molecule has 0 aliphatic carbocycles. The lowest BCUT2D eigenvalue weighted by atomic mass is 10.1. The van der Waals surface area contributed by atoms with Gasteiger partial charge in [0.05, 0.1) is 9.82 Å². The summed E-state index contributed by atoms with van der Waals surface area (Å²) in [6.45, 7) is 1.83. The molecule has 9 heteroatoms. The smallest absolute Gasteiger partial charge is 0.293 e. The third kappa shape index (κ3) is 4.02. The van der Waals surface area contributed by atoms with Crippen molar-refractivity contribution in [1.29, 1.82) is 0 Å². The second-order valence-corrected chi connectivity index (χ2v) is 6.48. The molecule has 0 aliphatic rings. The van der Waals surface area contributed by atoms with E-state index in [2.05, 4.69) is 5.32 Å². The molecule has 2 rings (SSSR count). The molecule has 0 spiro atoms. The van der Waals surface area contributed by atoms with Crippen LogP contribution in [0.4, 0.5) is 15.8 Å². The van der Waals surface area contributed by atoms with E-state index < -0.39 is 20.6 Å². The fraction of sp³-hybridized carbons (Fsp3) is 0.143. The lowest BCUT2D eigenvalue weighted by Crippen LogP contribution is -2.13. The summed E-state index contributed by atoms with van der Waals surface area (Å²) in [5.74, 6) is -0.336. The highest BCUT2D eigenvalue weighted by molar-refractivity contribution is 7.89. The van der Waals surface area contributed by atoms with E-state index >= 15 is 0 Å². The number of benzene rings is 2. The quantitative estimate of drug-likeness (QED) is 0.640. The van der Waals surface area contributed by atoms with Gasteiger partial charge in [-0.3, -0.25) is 10.1 Å². The molecule has 0 saturated carbocycles. The van der Waals surface area contributed by atoms with E-state index in [0.717, 1.165) is 11.6 Å². The Morgan fingerprint density at radius 2 is 1.96 bits per heavy atom. The van der Waals surface area contributed by atoms with E-state index in [1.54, 1.807) is 19.1 Å². The van der Waals surface area contributed by atoms with Crippen LogP contribution in [-0.2, 0) is 16.6 Å². The van der Waals surface area contributed by atoms with Crippen molar-refractivity contribution in [2.45, 2.75) is 18.4 Å². The number of nitrogens with one attached hydrogen (secondary N) is 1. The van der Waals surface area contributed by atoms with Gasteiger partial charge in [0.2, 0.25) is 10.0 Å². The Morgan fingerprint density at radius 1 is 1.26 bits per heavy atom. The highest BCUT2D eigenvalue weighted by atomic mass is 32.2. The first-order chi connectivity index (χ1) is 10.7. The Morgan fingerprint density at radius 3 is 2.52 bits per heavy atom. The van der Waals surface area contributed by atoms with Crippen LogP contribution in [-0.4, -0.2) is 13.3 Å². The predicted octanol–water partition coefficient (Wildman–Crippen LogP) is 2.30. The number of aryl methyl sites for hydroxylation is 1. The van der Waals surface area contributed by atoms with E-state index in [4.69, 9.17) is 5.14 Å². The van der Waals surface area contributed by atoms with Crippen molar-refractivity contribution in [2.75, 3.05) is 5.32 Å². The largest absolute Gasteiger partial charge is 0.375 e. The maximum Gasteiger partial charge on any atom is 0.293 e. The molecule has 2 aromatic carbocycles. The molecule has 122 valence electrons. The van der Waals surface area contributed by atoms with Crippen molar-refractivity contribution in [3.8, 4) is 0 Å². The molecule has 3 N–H and O–H groups in total. The standard InChI is InChI=1S/C14H14FN3O4S/c1-9-6-10(2-4-12(9)15)8-17-13-5-3-11(23(16,21)22)7-14(13)18(19)20/h2-7,17H,8H2,1H3,(H2,16,21,22).